The van der Waals surface area contributed by atoms with E-state index < -0.39 is 0 Å². The van der Waals surface area contributed by atoms with E-state index in [1.807, 2.05) is 19.1 Å². The summed E-state index contributed by atoms with van der Waals surface area (Å²) in [5.74, 6) is 0.485. The Balaban J connectivity index is 1.71. The quantitative estimate of drug-likeness (QED) is 0.503. The standard InChI is InChI=1S/C22H23Cl2N3O3S/c1-14-3-6-18(29-2)19-20(14)31-22(25-19)27(8-7-26-9-11-30-12-10-26)21(28)16-5-4-15(23)13-17(16)24/h3-6,13H,7-12H2,1-2H3. The SMILES string of the molecule is COc1ccc(C)c2sc(N(CCN3CCOCC3)C(=O)c3ccc(Cl)cc3Cl)nc12. The van der Waals surface area contributed by atoms with E-state index in [1.54, 1.807) is 30.2 Å². The maximum Gasteiger partial charge on any atom is 0.261 e. The second kappa shape index (κ2) is 9.71. The van der Waals surface area contributed by atoms with Gasteiger partial charge < -0.3 is 9.47 Å². The van der Waals surface area contributed by atoms with Gasteiger partial charge in [-0.15, -0.1) is 0 Å². The fraction of sp³-hybridized carbons (Fsp3) is 0.364. The smallest absolute Gasteiger partial charge is 0.261 e. The molecule has 1 saturated heterocycles. The zero-order valence-electron chi connectivity index (χ0n) is 17.4. The van der Waals surface area contributed by atoms with Crippen molar-refractivity contribution in [2.75, 3.05) is 51.4 Å². The van der Waals surface area contributed by atoms with Crippen molar-refractivity contribution < 1.29 is 14.3 Å². The molecule has 6 nitrogen and oxygen atoms in total. The number of anilines is 1. The highest BCUT2D eigenvalue weighted by Crippen LogP contribution is 2.37. The molecule has 0 N–H and O–H groups in total. The molecule has 164 valence electrons. The number of fused-ring (bicyclic) bond motifs is 1. The average molecular weight is 480 g/mol. The number of morpholine rings is 1. The summed E-state index contributed by atoms with van der Waals surface area (Å²) in [7, 11) is 1.62. The summed E-state index contributed by atoms with van der Waals surface area (Å²) < 4.78 is 11.9. The number of rotatable bonds is 6. The van der Waals surface area contributed by atoms with Crippen LogP contribution in [0.5, 0.6) is 5.75 Å². The predicted octanol–water partition coefficient (Wildman–Crippen LogP) is 4.90. The molecule has 1 aromatic heterocycles. The lowest BCUT2D eigenvalue weighted by atomic mass is 10.2. The topological polar surface area (TPSA) is 54.9 Å². The number of ether oxygens (including phenoxy) is 2. The van der Waals surface area contributed by atoms with Crippen molar-refractivity contribution in [3.05, 3.63) is 51.5 Å². The van der Waals surface area contributed by atoms with Gasteiger partial charge in [-0.2, -0.15) is 0 Å². The van der Waals surface area contributed by atoms with Gasteiger partial charge in [0.15, 0.2) is 5.13 Å². The Hall–Kier alpha value is -1.90. The largest absolute Gasteiger partial charge is 0.494 e. The third-order valence-corrected chi connectivity index (χ3v) is 7.05. The van der Waals surface area contributed by atoms with Gasteiger partial charge in [0.2, 0.25) is 0 Å². The lowest BCUT2D eigenvalue weighted by Crippen LogP contribution is -2.43. The first kappa shape index (κ1) is 22.3. The number of hydrogen-bond donors (Lipinski definition) is 0. The highest BCUT2D eigenvalue weighted by molar-refractivity contribution is 7.22. The van der Waals surface area contributed by atoms with E-state index in [4.69, 9.17) is 37.7 Å². The molecule has 31 heavy (non-hydrogen) atoms. The van der Waals surface area contributed by atoms with Crippen LogP contribution in [0.15, 0.2) is 30.3 Å². The Morgan fingerprint density at radius 1 is 1.26 bits per heavy atom. The first-order chi connectivity index (χ1) is 15.0. The molecule has 1 fully saturated rings. The van der Waals surface area contributed by atoms with Crippen LogP contribution in [0.3, 0.4) is 0 Å². The fourth-order valence-corrected chi connectivity index (χ4v) is 5.10. The van der Waals surface area contributed by atoms with Crippen LogP contribution >= 0.6 is 34.5 Å². The molecule has 2 aromatic carbocycles. The second-order valence-electron chi connectivity index (χ2n) is 7.29. The summed E-state index contributed by atoms with van der Waals surface area (Å²) in [5.41, 5.74) is 2.24. The summed E-state index contributed by atoms with van der Waals surface area (Å²) in [4.78, 5) is 22.3. The molecule has 0 atom stereocenters. The molecule has 2 heterocycles. The first-order valence-electron chi connectivity index (χ1n) is 9.99. The van der Waals surface area contributed by atoms with Gasteiger partial charge >= 0.3 is 0 Å². The Morgan fingerprint density at radius 3 is 2.74 bits per heavy atom. The minimum absolute atomic E-state index is 0.203. The van der Waals surface area contributed by atoms with Gasteiger partial charge in [0, 0.05) is 31.2 Å². The predicted molar refractivity (Wildman–Crippen MR) is 126 cm³/mol. The van der Waals surface area contributed by atoms with Crippen molar-refractivity contribution in [3.8, 4) is 5.75 Å². The zero-order chi connectivity index (χ0) is 22.0. The van der Waals surface area contributed by atoms with E-state index in [-0.39, 0.29) is 5.91 Å². The molecule has 0 radical (unpaired) electrons. The van der Waals surface area contributed by atoms with Crippen molar-refractivity contribution in [1.82, 2.24) is 9.88 Å². The lowest BCUT2D eigenvalue weighted by Gasteiger charge is -2.29. The number of carbonyl (C=O) groups excluding carboxylic acids is 1. The van der Waals surface area contributed by atoms with Crippen LogP contribution in [0.25, 0.3) is 10.2 Å². The Morgan fingerprint density at radius 2 is 2.03 bits per heavy atom. The molecule has 1 amide bonds. The maximum atomic E-state index is 13.6. The van der Waals surface area contributed by atoms with Crippen LogP contribution in [0.2, 0.25) is 10.0 Å². The fourth-order valence-electron chi connectivity index (χ4n) is 3.54. The third kappa shape index (κ3) is 4.81. The van der Waals surface area contributed by atoms with E-state index in [0.29, 0.717) is 52.8 Å². The molecule has 4 rings (SSSR count). The summed E-state index contributed by atoms with van der Waals surface area (Å²) >= 11 is 13.9. The van der Waals surface area contributed by atoms with Crippen LogP contribution in [-0.2, 0) is 4.74 Å². The van der Waals surface area contributed by atoms with Gasteiger partial charge in [0.05, 0.1) is 35.6 Å². The second-order valence-corrected chi connectivity index (χ2v) is 9.12. The number of benzene rings is 2. The number of halogens is 2. The molecular weight excluding hydrogens is 457 g/mol. The van der Waals surface area contributed by atoms with E-state index in [0.717, 1.165) is 28.9 Å². The summed E-state index contributed by atoms with van der Waals surface area (Å²) in [6.45, 7) is 6.32. The van der Waals surface area contributed by atoms with Crippen LogP contribution < -0.4 is 9.64 Å². The molecule has 0 aliphatic carbocycles. The number of hydrogen-bond acceptors (Lipinski definition) is 6. The van der Waals surface area contributed by atoms with Gasteiger partial charge in [-0.1, -0.05) is 40.6 Å². The number of methoxy groups -OCH3 is 1. The van der Waals surface area contributed by atoms with Crippen LogP contribution in [-0.4, -0.2) is 62.3 Å². The normalized spacial score (nSPS) is 14.7. The molecule has 0 unspecified atom stereocenters. The van der Waals surface area contributed by atoms with E-state index in [2.05, 4.69) is 4.90 Å². The first-order valence-corrected chi connectivity index (χ1v) is 11.6. The van der Waals surface area contributed by atoms with Crippen molar-refractivity contribution >= 4 is 55.8 Å². The van der Waals surface area contributed by atoms with E-state index >= 15 is 0 Å². The van der Waals surface area contributed by atoms with E-state index in [9.17, 15) is 4.79 Å². The Bertz CT molecular complexity index is 1100. The van der Waals surface area contributed by atoms with Gasteiger partial charge in [-0.05, 0) is 36.8 Å². The molecular formula is C22H23Cl2N3O3S. The maximum absolute atomic E-state index is 13.6. The number of thiazole rings is 1. The molecule has 0 bridgehead atoms. The average Bonchev–Trinajstić information content (AvgIpc) is 3.21. The molecule has 0 spiro atoms. The van der Waals surface area contributed by atoms with Crippen molar-refractivity contribution in [1.29, 1.82) is 0 Å². The van der Waals surface area contributed by atoms with Gasteiger partial charge in [-0.3, -0.25) is 14.6 Å². The highest BCUT2D eigenvalue weighted by atomic mass is 35.5. The molecule has 1 aliphatic rings. The van der Waals surface area contributed by atoms with Crippen LogP contribution in [0.4, 0.5) is 5.13 Å². The number of carbonyl (C=O) groups is 1. The molecule has 0 saturated carbocycles. The van der Waals surface area contributed by atoms with E-state index in [1.165, 1.54) is 11.3 Å². The summed E-state index contributed by atoms with van der Waals surface area (Å²) in [6, 6.07) is 8.82. The minimum Gasteiger partial charge on any atom is -0.494 e. The van der Waals surface area contributed by atoms with Crippen LogP contribution in [0, 0.1) is 6.92 Å². The monoisotopic (exact) mass is 479 g/mol. The van der Waals surface area contributed by atoms with Crippen LogP contribution in [0.1, 0.15) is 15.9 Å². The molecule has 9 heteroatoms. The Kier molecular flexibility index (Phi) is 6.99. The van der Waals surface area contributed by atoms with Gasteiger partial charge in [-0.25, -0.2) is 4.98 Å². The van der Waals surface area contributed by atoms with Crippen molar-refractivity contribution in [2.45, 2.75) is 6.92 Å². The molecule has 1 aliphatic heterocycles. The molecule has 3 aromatic rings. The summed E-state index contributed by atoms with van der Waals surface area (Å²) in [6.07, 6.45) is 0. The lowest BCUT2D eigenvalue weighted by molar-refractivity contribution is 0.0391. The van der Waals surface area contributed by atoms with Crippen molar-refractivity contribution in [2.24, 2.45) is 0 Å². The highest BCUT2D eigenvalue weighted by Gasteiger charge is 2.25. The number of amides is 1. The summed E-state index contributed by atoms with van der Waals surface area (Å²) in [5, 5.41) is 1.43. The number of nitrogens with zero attached hydrogens (tertiary/aromatic N) is 3. The van der Waals surface area contributed by atoms with Gasteiger partial charge in [0.25, 0.3) is 5.91 Å². The number of aromatic nitrogens is 1. The zero-order valence-corrected chi connectivity index (χ0v) is 19.7. The third-order valence-electron chi connectivity index (χ3n) is 5.29. The van der Waals surface area contributed by atoms with Gasteiger partial charge in [0.1, 0.15) is 11.3 Å². The Labute approximate surface area is 195 Å². The number of aryl methyl sites for hydroxylation is 1. The minimum atomic E-state index is -0.203. The van der Waals surface area contributed by atoms with Crippen molar-refractivity contribution in [3.63, 3.8) is 0 Å².